The van der Waals surface area contributed by atoms with Gasteiger partial charge in [-0.25, -0.2) is 0 Å². The van der Waals surface area contributed by atoms with Crippen LogP contribution in [0.15, 0.2) is 0 Å². The molecular formula is C52H92. The van der Waals surface area contributed by atoms with Gasteiger partial charge in [-0.2, -0.15) is 0 Å². The molecule has 7 aliphatic carbocycles. The molecule has 0 saturated heterocycles. The van der Waals surface area contributed by atoms with E-state index in [1.807, 2.05) is 0 Å². The predicted octanol–water partition coefficient (Wildman–Crippen LogP) is 15.5. The number of hydrogen-bond donors (Lipinski definition) is 0. The Labute approximate surface area is 326 Å². The highest BCUT2D eigenvalue weighted by Crippen LogP contribution is 2.78. The molecule has 21 atom stereocenters. The van der Waals surface area contributed by atoms with Crippen molar-refractivity contribution in [3.8, 4) is 0 Å². The molecule has 0 bridgehead atoms. The van der Waals surface area contributed by atoms with Crippen LogP contribution in [0, 0.1) is 135 Å². The third-order valence-electron chi connectivity index (χ3n) is 22.4. The van der Waals surface area contributed by atoms with Gasteiger partial charge >= 0.3 is 0 Å². The standard InChI is InChI=1S/C52H92/c1-30(2)47-33(5)29-50(12)39(11)51(13)36(8)41-26-24-40(34(6)48(41)35(7)49(51)38(10)52(50,14)37(47)9)28-32(4)27-31(3)23-25-46-44-21-17-15-19-42(44)43-20-16-18-22-45(43)46/h30-49H,15-29H2,1-14H3. The zero-order valence-electron chi connectivity index (χ0n) is 37.7. The average Bonchev–Trinajstić information content (AvgIpc) is 3.41. The van der Waals surface area contributed by atoms with Gasteiger partial charge in [0.1, 0.15) is 0 Å². The van der Waals surface area contributed by atoms with Crippen molar-refractivity contribution in [2.45, 2.75) is 193 Å². The van der Waals surface area contributed by atoms with Gasteiger partial charge in [-0.3, -0.25) is 0 Å². The minimum atomic E-state index is 0.412. The summed E-state index contributed by atoms with van der Waals surface area (Å²) in [6, 6.07) is 0. The van der Waals surface area contributed by atoms with E-state index in [4.69, 9.17) is 0 Å². The van der Waals surface area contributed by atoms with Gasteiger partial charge in [-0.05, 0) is 199 Å². The van der Waals surface area contributed by atoms with Crippen LogP contribution in [0.25, 0.3) is 0 Å². The van der Waals surface area contributed by atoms with E-state index < -0.39 is 0 Å². The maximum absolute atomic E-state index is 2.85. The van der Waals surface area contributed by atoms with E-state index in [9.17, 15) is 0 Å². The quantitative estimate of drug-likeness (QED) is 0.235. The van der Waals surface area contributed by atoms with Gasteiger partial charge in [-0.15, -0.1) is 0 Å². The summed E-state index contributed by atoms with van der Waals surface area (Å²) < 4.78 is 0. The maximum Gasteiger partial charge on any atom is -0.0212 e. The molecule has 0 radical (unpaired) electrons. The van der Waals surface area contributed by atoms with Crippen LogP contribution in [0.4, 0.5) is 0 Å². The van der Waals surface area contributed by atoms with Gasteiger partial charge in [0.05, 0.1) is 0 Å². The molecule has 7 rings (SSSR count). The van der Waals surface area contributed by atoms with Crippen LogP contribution in [0.2, 0.25) is 0 Å². The Hall–Kier alpha value is 0. The first kappa shape index (κ1) is 40.2. The fraction of sp³-hybridized carbons (Fsp3) is 1.00. The molecule has 0 aromatic carbocycles. The summed E-state index contributed by atoms with van der Waals surface area (Å²) in [7, 11) is 0. The SMILES string of the molecule is CC(CCC1C2CCCCC2C2CCCCC21)CC(C)CC1CCC2C(C1C)C(C)C1C(C)C3(C)C(C)C(C(C)C)C(C)CC3(C)C(C)C1(C)C2C. The molecule has 0 spiro atoms. The van der Waals surface area contributed by atoms with E-state index >= 15 is 0 Å². The fourth-order valence-corrected chi connectivity index (χ4v) is 20.1. The lowest BCUT2D eigenvalue weighted by molar-refractivity contribution is -0.291. The van der Waals surface area contributed by atoms with E-state index in [2.05, 4.69) is 96.9 Å². The fourth-order valence-electron chi connectivity index (χ4n) is 20.1. The molecule has 0 N–H and O–H groups in total. The summed E-state index contributed by atoms with van der Waals surface area (Å²) in [5.41, 5.74) is 1.28. The van der Waals surface area contributed by atoms with Crippen molar-refractivity contribution >= 4 is 0 Å². The monoisotopic (exact) mass is 717 g/mol. The van der Waals surface area contributed by atoms with Crippen LogP contribution in [0.1, 0.15) is 193 Å². The Kier molecular flexibility index (Phi) is 11.4. The van der Waals surface area contributed by atoms with Crippen LogP contribution in [0.5, 0.6) is 0 Å². The largest absolute Gasteiger partial charge is 0.0625 e. The smallest absolute Gasteiger partial charge is 0.0212 e. The van der Waals surface area contributed by atoms with Crippen molar-refractivity contribution in [2.75, 3.05) is 0 Å². The minimum absolute atomic E-state index is 0.412. The normalized spacial score (nSPS) is 55.8. The summed E-state index contributed by atoms with van der Waals surface area (Å²) in [5, 5.41) is 0. The van der Waals surface area contributed by atoms with E-state index in [1.165, 1.54) is 64.2 Å². The van der Waals surface area contributed by atoms with Gasteiger partial charge in [-0.1, -0.05) is 129 Å². The third-order valence-corrected chi connectivity index (χ3v) is 22.4. The third kappa shape index (κ3) is 5.95. The zero-order valence-corrected chi connectivity index (χ0v) is 37.7. The first-order valence-corrected chi connectivity index (χ1v) is 24.5. The molecule has 0 amide bonds. The Balaban J connectivity index is 1.02. The van der Waals surface area contributed by atoms with Crippen LogP contribution < -0.4 is 0 Å². The van der Waals surface area contributed by atoms with E-state index in [0.29, 0.717) is 16.2 Å². The highest BCUT2D eigenvalue weighted by Gasteiger charge is 2.72. The molecule has 0 aromatic heterocycles. The number of rotatable bonds is 8. The molecule has 52 heavy (non-hydrogen) atoms. The molecule has 0 nitrogen and oxygen atoms in total. The van der Waals surface area contributed by atoms with E-state index in [0.717, 1.165) is 118 Å². The molecule has 0 heterocycles. The van der Waals surface area contributed by atoms with E-state index in [1.54, 1.807) is 32.1 Å². The second-order valence-electron chi connectivity index (χ2n) is 24.1. The van der Waals surface area contributed by atoms with Gasteiger partial charge in [0.25, 0.3) is 0 Å². The van der Waals surface area contributed by atoms with Gasteiger partial charge in [0.15, 0.2) is 0 Å². The first-order valence-electron chi connectivity index (χ1n) is 24.5. The lowest BCUT2D eigenvalue weighted by atomic mass is 9.28. The summed E-state index contributed by atoms with van der Waals surface area (Å²) >= 11 is 0. The van der Waals surface area contributed by atoms with E-state index in [-0.39, 0.29) is 0 Å². The second-order valence-corrected chi connectivity index (χ2v) is 24.1. The van der Waals surface area contributed by atoms with Crippen molar-refractivity contribution in [3.05, 3.63) is 0 Å². The molecule has 7 aliphatic rings. The maximum atomic E-state index is 2.85. The Morgan fingerprint density at radius 2 is 1.17 bits per heavy atom. The predicted molar refractivity (Wildman–Crippen MR) is 226 cm³/mol. The van der Waals surface area contributed by atoms with Crippen molar-refractivity contribution < 1.29 is 0 Å². The average molecular weight is 717 g/mol. The van der Waals surface area contributed by atoms with Crippen molar-refractivity contribution in [3.63, 3.8) is 0 Å². The van der Waals surface area contributed by atoms with Crippen LogP contribution in [-0.2, 0) is 0 Å². The number of hydrogen-bond acceptors (Lipinski definition) is 0. The molecule has 0 aliphatic heterocycles. The molecular weight excluding hydrogens is 625 g/mol. The molecule has 7 saturated carbocycles. The van der Waals surface area contributed by atoms with Gasteiger partial charge in [0.2, 0.25) is 0 Å². The lowest BCUT2D eigenvalue weighted by Crippen LogP contribution is -2.71. The summed E-state index contributed by atoms with van der Waals surface area (Å²) in [4.78, 5) is 0. The Morgan fingerprint density at radius 1 is 0.596 bits per heavy atom. The highest BCUT2D eigenvalue weighted by molar-refractivity contribution is 5.20. The molecule has 300 valence electrons. The summed E-state index contributed by atoms with van der Waals surface area (Å²) in [5.74, 6) is 18.4. The number of fused-ring (bicyclic) bond motifs is 6. The van der Waals surface area contributed by atoms with Crippen molar-refractivity contribution in [1.82, 2.24) is 0 Å². The van der Waals surface area contributed by atoms with Crippen LogP contribution >= 0.6 is 0 Å². The topological polar surface area (TPSA) is 0 Å². The molecule has 0 aromatic rings. The Morgan fingerprint density at radius 3 is 1.75 bits per heavy atom. The first-order chi connectivity index (χ1) is 24.5. The zero-order chi connectivity index (χ0) is 37.7. The minimum Gasteiger partial charge on any atom is -0.0625 e. The highest BCUT2D eigenvalue weighted by atomic mass is 14.8. The van der Waals surface area contributed by atoms with Crippen LogP contribution in [0.3, 0.4) is 0 Å². The summed E-state index contributed by atoms with van der Waals surface area (Å²) in [6.07, 6.45) is 23.0. The van der Waals surface area contributed by atoms with Gasteiger partial charge < -0.3 is 0 Å². The van der Waals surface area contributed by atoms with Crippen molar-refractivity contribution in [1.29, 1.82) is 0 Å². The molecule has 0 heteroatoms. The summed E-state index contributed by atoms with van der Waals surface area (Å²) in [6.45, 7) is 38.2. The Bertz CT molecular complexity index is 1190. The van der Waals surface area contributed by atoms with Crippen LogP contribution in [-0.4, -0.2) is 0 Å². The molecule has 21 unspecified atom stereocenters. The van der Waals surface area contributed by atoms with Crippen molar-refractivity contribution in [2.24, 2.45) is 135 Å². The molecule has 7 fully saturated rings. The lowest BCUT2D eigenvalue weighted by Gasteiger charge is -2.77. The van der Waals surface area contributed by atoms with Gasteiger partial charge in [0, 0.05) is 0 Å². The second kappa shape index (κ2) is 14.7.